The van der Waals surface area contributed by atoms with Crippen LogP contribution in [0, 0.1) is 0 Å². The van der Waals surface area contributed by atoms with Gasteiger partial charge in [-0.15, -0.1) is 0 Å². The molecule has 2 amide bonds. The van der Waals surface area contributed by atoms with Crippen molar-refractivity contribution in [2.75, 3.05) is 12.4 Å². The van der Waals surface area contributed by atoms with Crippen LogP contribution in [0.4, 0.5) is 5.69 Å². The molecule has 0 aliphatic carbocycles. The lowest BCUT2D eigenvalue weighted by atomic mass is 10.0. The summed E-state index contributed by atoms with van der Waals surface area (Å²) in [5.41, 5.74) is 2.98. The van der Waals surface area contributed by atoms with Crippen LogP contribution in [-0.4, -0.2) is 23.8 Å². The number of furan rings is 1. The first-order chi connectivity index (χ1) is 15.0. The Morgan fingerprint density at radius 2 is 1.71 bits per heavy atom. The van der Waals surface area contributed by atoms with Crippen LogP contribution in [0.1, 0.15) is 36.7 Å². The summed E-state index contributed by atoms with van der Waals surface area (Å²) in [6.45, 7) is 4.30. The van der Waals surface area contributed by atoms with Gasteiger partial charge in [-0.2, -0.15) is 0 Å². The molecule has 0 spiro atoms. The Kier molecular flexibility index (Phi) is 5.62. The highest BCUT2D eigenvalue weighted by Gasteiger charge is 2.40. The number of rotatable bonds is 7. The predicted molar refractivity (Wildman–Crippen MR) is 118 cm³/mol. The summed E-state index contributed by atoms with van der Waals surface area (Å²) in [4.78, 5) is 27.9. The van der Waals surface area contributed by atoms with Crippen molar-refractivity contribution in [3.63, 3.8) is 0 Å². The molecule has 0 radical (unpaired) electrons. The zero-order chi connectivity index (χ0) is 22.0. The molecule has 1 aliphatic rings. The predicted octanol–water partition coefficient (Wildman–Crippen LogP) is 4.80. The summed E-state index contributed by atoms with van der Waals surface area (Å²) < 4.78 is 10.8. The minimum absolute atomic E-state index is 0.0563. The van der Waals surface area contributed by atoms with Crippen molar-refractivity contribution in [1.29, 1.82) is 0 Å². The summed E-state index contributed by atoms with van der Waals surface area (Å²) in [5, 5.41) is 3.18. The number of nitrogens with one attached hydrogen (secondary N) is 1. The number of imide groups is 1. The Morgan fingerprint density at radius 3 is 2.35 bits per heavy atom. The number of hydrogen-bond acceptors (Lipinski definition) is 5. The van der Waals surface area contributed by atoms with E-state index in [-0.39, 0.29) is 17.8 Å². The van der Waals surface area contributed by atoms with Gasteiger partial charge in [0.1, 0.15) is 17.2 Å². The largest absolute Gasteiger partial charge is 0.496 e. The highest BCUT2D eigenvalue weighted by atomic mass is 16.5. The van der Waals surface area contributed by atoms with Gasteiger partial charge in [-0.05, 0) is 41.8 Å². The molecule has 4 rings (SSSR count). The summed E-state index contributed by atoms with van der Waals surface area (Å²) in [7, 11) is 1.54. The van der Waals surface area contributed by atoms with Gasteiger partial charge in [-0.3, -0.25) is 14.5 Å². The van der Waals surface area contributed by atoms with E-state index >= 15 is 0 Å². The number of benzene rings is 2. The van der Waals surface area contributed by atoms with Crippen molar-refractivity contribution in [1.82, 2.24) is 4.90 Å². The zero-order valence-corrected chi connectivity index (χ0v) is 17.7. The fourth-order valence-electron chi connectivity index (χ4n) is 3.59. The van der Waals surface area contributed by atoms with Gasteiger partial charge in [0.05, 0.1) is 25.5 Å². The van der Waals surface area contributed by atoms with Crippen molar-refractivity contribution in [2.45, 2.75) is 26.3 Å². The van der Waals surface area contributed by atoms with E-state index in [0.717, 1.165) is 5.69 Å². The molecule has 2 heterocycles. The molecule has 0 bridgehead atoms. The third kappa shape index (κ3) is 3.97. The molecule has 6 nitrogen and oxygen atoms in total. The van der Waals surface area contributed by atoms with Gasteiger partial charge in [0.25, 0.3) is 11.8 Å². The quantitative estimate of drug-likeness (QED) is 0.560. The number of nitrogens with zero attached hydrogens (tertiary/aromatic N) is 1. The van der Waals surface area contributed by atoms with Crippen molar-refractivity contribution in [3.8, 4) is 5.75 Å². The topological polar surface area (TPSA) is 71.8 Å². The smallest absolute Gasteiger partial charge is 0.278 e. The van der Waals surface area contributed by atoms with Gasteiger partial charge >= 0.3 is 0 Å². The molecule has 1 N–H and O–H groups in total. The average Bonchev–Trinajstić information content (AvgIpc) is 3.37. The van der Waals surface area contributed by atoms with E-state index in [1.54, 1.807) is 31.4 Å². The van der Waals surface area contributed by atoms with Gasteiger partial charge in [0, 0.05) is 11.3 Å². The molecular formula is C25H24N2O4. The first-order valence-electron chi connectivity index (χ1n) is 10.1. The second-order valence-electron chi connectivity index (χ2n) is 7.63. The number of ether oxygens (including phenoxy) is 1. The molecule has 2 aromatic carbocycles. The monoisotopic (exact) mass is 416 g/mol. The molecular weight excluding hydrogens is 392 g/mol. The van der Waals surface area contributed by atoms with E-state index in [0.29, 0.717) is 23.0 Å². The Bertz CT molecular complexity index is 1130. The Balaban J connectivity index is 1.76. The fraction of sp³-hybridized carbons (Fsp3) is 0.200. The van der Waals surface area contributed by atoms with E-state index < -0.39 is 11.8 Å². The van der Waals surface area contributed by atoms with E-state index in [4.69, 9.17) is 9.15 Å². The van der Waals surface area contributed by atoms with Crippen LogP contribution in [-0.2, 0) is 16.1 Å². The molecule has 31 heavy (non-hydrogen) atoms. The van der Waals surface area contributed by atoms with Crippen molar-refractivity contribution < 1.29 is 18.7 Å². The maximum Gasteiger partial charge on any atom is 0.278 e. The molecule has 0 unspecified atom stereocenters. The van der Waals surface area contributed by atoms with Gasteiger partial charge in [-0.25, -0.2) is 0 Å². The summed E-state index contributed by atoms with van der Waals surface area (Å²) in [5.74, 6) is 0.648. The third-order valence-electron chi connectivity index (χ3n) is 5.29. The molecule has 3 aromatic rings. The van der Waals surface area contributed by atoms with Crippen molar-refractivity contribution >= 4 is 23.1 Å². The van der Waals surface area contributed by atoms with E-state index in [9.17, 15) is 9.59 Å². The maximum absolute atomic E-state index is 13.4. The van der Waals surface area contributed by atoms with Crippen LogP contribution in [0.5, 0.6) is 5.75 Å². The SMILES string of the molecule is COc1ccccc1C1=C(Nc2ccc(C(C)C)cc2)C(=O)N(Cc2ccco2)C1=O. The molecule has 0 fully saturated rings. The molecule has 1 aromatic heterocycles. The summed E-state index contributed by atoms with van der Waals surface area (Å²) in [6, 6.07) is 18.5. The second kappa shape index (κ2) is 8.52. The Hall–Kier alpha value is -3.80. The van der Waals surface area contributed by atoms with Gasteiger partial charge in [0.15, 0.2) is 0 Å². The van der Waals surface area contributed by atoms with Gasteiger partial charge in [0.2, 0.25) is 0 Å². The molecule has 1 aliphatic heterocycles. The number of anilines is 1. The molecule has 6 heteroatoms. The van der Waals surface area contributed by atoms with E-state index in [1.807, 2.05) is 36.4 Å². The standard InChI is InChI=1S/C25H24N2O4/c1-16(2)17-10-12-18(13-11-17)26-23-22(20-8-4-5-9-21(20)30-3)24(28)27(25(23)29)15-19-7-6-14-31-19/h4-14,16,26H,15H2,1-3H3. The lowest BCUT2D eigenvalue weighted by Gasteiger charge is -2.14. The fourth-order valence-corrected chi connectivity index (χ4v) is 3.59. The molecule has 0 saturated carbocycles. The number of hydrogen-bond donors (Lipinski definition) is 1. The van der Waals surface area contributed by atoms with Crippen LogP contribution in [0.3, 0.4) is 0 Å². The highest BCUT2D eigenvalue weighted by molar-refractivity contribution is 6.36. The highest BCUT2D eigenvalue weighted by Crippen LogP contribution is 2.36. The number of carbonyl (C=O) groups is 2. The van der Waals surface area contributed by atoms with Crippen molar-refractivity contribution in [3.05, 3.63) is 89.5 Å². The number of carbonyl (C=O) groups excluding carboxylic acids is 2. The van der Waals surface area contributed by atoms with Gasteiger partial charge in [-0.1, -0.05) is 44.2 Å². The molecule has 0 atom stereocenters. The lowest BCUT2D eigenvalue weighted by molar-refractivity contribution is -0.137. The first kappa shape index (κ1) is 20.5. The first-order valence-corrected chi connectivity index (χ1v) is 10.1. The average molecular weight is 416 g/mol. The van der Waals surface area contributed by atoms with Crippen LogP contribution >= 0.6 is 0 Å². The molecule has 158 valence electrons. The summed E-state index contributed by atoms with van der Waals surface area (Å²) >= 11 is 0. The zero-order valence-electron chi connectivity index (χ0n) is 17.7. The number of para-hydroxylation sites is 1. The second-order valence-corrected chi connectivity index (χ2v) is 7.63. The number of amides is 2. The van der Waals surface area contributed by atoms with Gasteiger partial charge < -0.3 is 14.5 Å². The normalized spacial score (nSPS) is 14.0. The Morgan fingerprint density at radius 1 is 0.968 bits per heavy atom. The van der Waals surface area contributed by atoms with Crippen LogP contribution < -0.4 is 10.1 Å². The third-order valence-corrected chi connectivity index (χ3v) is 5.29. The summed E-state index contributed by atoms with van der Waals surface area (Å²) in [6.07, 6.45) is 1.52. The van der Waals surface area contributed by atoms with Crippen LogP contribution in [0.2, 0.25) is 0 Å². The lowest BCUT2D eigenvalue weighted by Crippen LogP contribution is -2.31. The van der Waals surface area contributed by atoms with Crippen molar-refractivity contribution in [2.24, 2.45) is 0 Å². The van der Waals surface area contributed by atoms with Crippen LogP contribution in [0.25, 0.3) is 5.57 Å². The van der Waals surface area contributed by atoms with E-state index in [2.05, 4.69) is 19.2 Å². The Labute approximate surface area is 181 Å². The van der Waals surface area contributed by atoms with Crippen LogP contribution in [0.15, 0.2) is 77.0 Å². The maximum atomic E-state index is 13.4. The minimum atomic E-state index is -0.407. The minimum Gasteiger partial charge on any atom is -0.496 e. The molecule has 0 saturated heterocycles. The van der Waals surface area contributed by atoms with E-state index in [1.165, 1.54) is 16.7 Å². The number of methoxy groups -OCH3 is 1.